The zero-order chi connectivity index (χ0) is 15.0. The topological polar surface area (TPSA) is 87.7 Å². The number of rotatable bonds is 7. The molecule has 6 heteroatoms. The molecule has 0 spiro atoms. The van der Waals surface area contributed by atoms with Gasteiger partial charge in [0, 0.05) is 18.3 Å². The van der Waals surface area contributed by atoms with Crippen LogP contribution in [-0.2, 0) is 4.79 Å². The van der Waals surface area contributed by atoms with Gasteiger partial charge in [-0.3, -0.25) is 4.79 Å². The molecule has 1 aromatic rings. The molecular weight excluding hydrogens is 260 g/mol. The Balaban J connectivity index is 2.28. The van der Waals surface area contributed by atoms with Gasteiger partial charge in [-0.05, 0) is 25.0 Å². The van der Waals surface area contributed by atoms with E-state index in [1.165, 1.54) is 0 Å². The summed E-state index contributed by atoms with van der Waals surface area (Å²) in [5, 5.41) is 14.1. The minimum absolute atomic E-state index is 0.318. The van der Waals surface area contributed by atoms with Gasteiger partial charge in [-0.1, -0.05) is 13.0 Å². The molecular formula is C14H20N2O4. The van der Waals surface area contributed by atoms with Crippen LogP contribution in [0.25, 0.3) is 0 Å². The summed E-state index contributed by atoms with van der Waals surface area (Å²) in [4.78, 5) is 22.2. The Hall–Kier alpha value is -2.24. The first-order valence-corrected chi connectivity index (χ1v) is 6.44. The molecule has 0 bridgehead atoms. The number of hydrogen-bond donors (Lipinski definition) is 3. The smallest absolute Gasteiger partial charge is 0.319 e. The van der Waals surface area contributed by atoms with Crippen LogP contribution in [0.3, 0.4) is 0 Å². The zero-order valence-corrected chi connectivity index (χ0v) is 11.7. The SMILES string of the molecule is COc1cccc(NC(=O)NCCCC(C)C(=O)O)c1. The van der Waals surface area contributed by atoms with Gasteiger partial charge in [-0.25, -0.2) is 4.79 Å². The molecule has 0 aliphatic carbocycles. The molecule has 110 valence electrons. The van der Waals surface area contributed by atoms with Crippen LogP contribution >= 0.6 is 0 Å². The lowest BCUT2D eigenvalue weighted by Crippen LogP contribution is -2.29. The number of carbonyl (C=O) groups is 2. The van der Waals surface area contributed by atoms with E-state index in [1.807, 2.05) is 0 Å². The number of urea groups is 1. The first kappa shape index (κ1) is 15.8. The highest BCUT2D eigenvalue weighted by atomic mass is 16.5. The first-order valence-electron chi connectivity index (χ1n) is 6.44. The molecule has 0 heterocycles. The average molecular weight is 280 g/mol. The maximum atomic E-state index is 11.6. The van der Waals surface area contributed by atoms with Gasteiger partial charge in [0.15, 0.2) is 0 Å². The van der Waals surface area contributed by atoms with Gasteiger partial charge in [0.05, 0.1) is 13.0 Å². The average Bonchev–Trinajstić information content (AvgIpc) is 2.43. The first-order chi connectivity index (χ1) is 9.52. The fourth-order valence-corrected chi connectivity index (χ4v) is 1.61. The third-order valence-corrected chi connectivity index (χ3v) is 2.85. The zero-order valence-electron chi connectivity index (χ0n) is 11.7. The molecule has 0 saturated carbocycles. The standard InChI is InChI=1S/C14H20N2O4/c1-10(13(17)18)5-4-8-15-14(19)16-11-6-3-7-12(9-11)20-2/h3,6-7,9-10H,4-5,8H2,1-2H3,(H,17,18)(H2,15,16,19). The van der Waals surface area contributed by atoms with Crippen LogP contribution in [0.2, 0.25) is 0 Å². The number of nitrogens with one attached hydrogen (secondary N) is 2. The third-order valence-electron chi connectivity index (χ3n) is 2.85. The molecule has 2 amide bonds. The molecule has 0 aromatic heterocycles. The van der Waals surface area contributed by atoms with Crippen LogP contribution in [0.1, 0.15) is 19.8 Å². The number of carboxylic acid groups (broad SMARTS) is 1. The summed E-state index contributed by atoms with van der Waals surface area (Å²) < 4.78 is 5.06. The molecule has 1 aromatic carbocycles. The van der Waals surface area contributed by atoms with Crippen molar-refractivity contribution in [2.75, 3.05) is 19.0 Å². The Morgan fingerprint density at radius 1 is 1.40 bits per heavy atom. The van der Waals surface area contributed by atoms with Crippen molar-refractivity contribution in [2.24, 2.45) is 5.92 Å². The van der Waals surface area contributed by atoms with E-state index in [9.17, 15) is 9.59 Å². The second kappa shape index (κ2) is 8.04. The van der Waals surface area contributed by atoms with Gasteiger partial charge in [0.1, 0.15) is 5.75 Å². The number of benzene rings is 1. The number of amides is 2. The van der Waals surface area contributed by atoms with Crippen LogP contribution in [0.4, 0.5) is 10.5 Å². The van der Waals surface area contributed by atoms with E-state index < -0.39 is 11.9 Å². The van der Waals surface area contributed by atoms with Gasteiger partial charge in [0.25, 0.3) is 0 Å². The lowest BCUT2D eigenvalue weighted by atomic mass is 10.1. The molecule has 1 atom stereocenters. The maximum absolute atomic E-state index is 11.6. The summed E-state index contributed by atoms with van der Waals surface area (Å²) in [6.45, 7) is 2.09. The van der Waals surface area contributed by atoms with Gasteiger partial charge < -0.3 is 20.5 Å². The summed E-state index contributed by atoms with van der Waals surface area (Å²) >= 11 is 0. The van der Waals surface area contributed by atoms with E-state index in [0.29, 0.717) is 30.8 Å². The van der Waals surface area contributed by atoms with E-state index in [-0.39, 0.29) is 6.03 Å². The fourth-order valence-electron chi connectivity index (χ4n) is 1.61. The number of anilines is 1. The second-order valence-corrected chi connectivity index (χ2v) is 4.49. The number of hydrogen-bond acceptors (Lipinski definition) is 3. The highest BCUT2D eigenvalue weighted by Gasteiger charge is 2.10. The van der Waals surface area contributed by atoms with E-state index in [4.69, 9.17) is 9.84 Å². The molecule has 6 nitrogen and oxygen atoms in total. The Bertz CT molecular complexity index is 462. The molecule has 3 N–H and O–H groups in total. The minimum Gasteiger partial charge on any atom is -0.497 e. The van der Waals surface area contributed by atoms with Crippen molar-refractivity contribution in [3.05, 3.63) is 24.3 Å². The Kier molecular flexibility index (Phi) is 6.36. The lowest BCUT2D eigenvalue weighted by Gasteiger charge is -2.09. The quantitative estimate of drug-likeness (QED) is 0.669. The highest BCUT2D eigenvalue weighted by Crippen LogP contribution is 2.16. The van der Waals surface area contributed by atoms with E-state index in [0.717, 1.165) is 0 Å². The van der Waals surface area contributed by atoms with Crippen LogP contribution in [0.15, 0.2) is 24.3 Å². The van der Waals surface area contributed by atoms with Crippen LogP contribution in [0, 0.1) is 5.92 Å². The molecule has 0 aliphatic rings. The predicted molar refractivity (Wildman–Crippen MR) is 76.0 cm³/mol. The van der Waals surface area contributed by atoms with Crippen molar-refractivity contribution in [2.45, 2.75) is 19.8 Å². The Morgan fingerprint density at radius 3 is 2.80 bits per heavy atom. The number of methoxy groups -OCH3 is 1. The van der Waals surface area contributed by atoms with E-state index in [2.05, 4.69) is 10.6 Å². The normalized spacial score (nSPS) is 11.5. The minimum atomic E-state index is -0.814. The summed E-state index contributed by atoms with van der Waals surface area (Å²) in [7, 11) is 1.56. The number of carboxylic acids is 1. The predicted octanol–water partition coefficient (Wildman–Crippen LogP) is 2.32. The number of aliphatic carboxylic acids is 1. The molecule has 1 unspecified atom stereocenters. The van der Waals surface area contributed by atoms with Gasteiger partial charge in [-0.15, -0.1) is 0 Å². The number of ether oxygens (including phenoxy) is 1. The van der Waals surface area contributed by atoms with Crippen molar-refractivity contribution >= 4 is 17.7 Å². The van der Waals surface area contributed by atoms with Crippen molar-refractivity contribution in [3.63, 3.8) is 0 Å². The number of carbonyl (C=O) groups excluding carboxylic acids is 1. The van der Waals surface area contributed by atoms with Gasteiger partial charge in [0.2, 0.25) is 0 Å². The van der Waals surface area contributed by atoms with Gasteiger partial charge in [-0.2, -0.15) is 0 Å². The monoisotopic (exact) mass is 280 g/mol. The lowest BCUT2D eigenvalue weighted by molar-refractivity contribution is -0.141. The molecule has 0 saturated heterocycles. The largest absolute Gasteiger partial charge is 0.497 e. The van der Waals surface area contributed by atoms with E-state index >= 15 is 0 Å². The van der Waals surface area contributed by atoms with Crippen molar-refractivity contribution in [1.82, 2.24) is 5.32 Å². The third kappa shape index (κ3) is 5.60. The van der Waals surface area contributed by atoms with Gasteiger partial charge >= 0.3 is 12.0 Å². The van der Waals surface area contributed by atoms with Crippen LogP contribution < -0.4 is 15.4 Å². The molecule has 0 aliphatic heterocycles. The fraction of sp³-hybridized carbons (Fsp3) is 0.429. The van der Waals surface area contributed by atoms with E-state index in [1.54, 1.807) is 38.3 Å². The summed E-state index contributed by atoms with van der Waals surface area (Å²) in [5.74, 6) is -0.540. The molecule has 1 rings (SSSR count). The highest BCUT2D eigenvalue weighted by molar-refractivity contribution is 5.89. The summed E-state index contributed by atoms with van der Waals surface area (Å²) in [6, 6.07) is 6.72. The summed E-state index contributed by atoms with van der Waals surface area (Å²) in [5.41, 5.74) is 0.640. The van der Waals surface area contributed by atoms with Crippen molar-refractivity contribution < 1.29 is 19.4 Å². The van der Waals surface area contributed by atoms with Crippen LogP contribution in [-0.4, -0.2) is 30.8 Å². The molecule has 0 radical (unpaired) electrons. The summed E-state index contributed by atoms with van der Waals surface area (Å²) in [6.07, 6.45) is 1.16. The van der Waals surface area contributed by atoms with Crippen LogP contribution in [0.5, 0.6) is 5.75 Å². The Labute approximate surface area is 118 Å². The molecule has 0 fully saturated rings. The second-order valence-electron chi connectivity index (χ2n) is 4.49. The molecule has 20 heavy (non-hydrogen) atoms. The maximum Gasteiger partial charge on any atom is 0.319 e. The van der Waals surface area contributed by atoms with Crippen molar-refractivity contribution in [3.8, 4) is 5.75 Å². The Morgan fingerprint density at radius 2 is 2.15 bits per heavy atom. The van der Waals surface area contributed by atoms with Crippen molar-refractivity contribution in [1.29, 1.82) is 0 Å².